The highest BCUT2D eigenvalue weighted by Gasteiger charge is 2.33. The Balaban J connectivity index is 1.81. The lowest BCUT2D eigenvalue weighted by Crippen LogP contribution is -2.46. The van der Waals surface area contributed by atoms with Gasteiger partial charge in [0.15, 0.2) is 0 Å². The first-order valence-corrected chi connectivity index (χ1v) is 8.77. The molecule has 146 valence electrons. The number of carbonyl (C=O) groups is 3. The van der Waals surface area contributed by atoms with Crippen molar-refractivity contribution in [2.24, 2.45) is 5.73 Å². The van der Waals surface area contributed by atoms with Crippen molar-refractivity contribution in [2.45, 2.75) is 38.8 Å². The van der Waals surface area contributed by atoms with Crippen LogP contribution in [-0.4, -0.2) is 49.0 Å². The van der Waals surface area contributed by atoms with E-state index in [-0.39, 0.29) is 36.8 Å². The van der Waals surface area contributed by atoms with Crippen LogP contribution < -0.4 is 21.3 Å². The van der Waals surface area contributed by atoms with Gasteiger partial charge >= 0.3 is 12.0 Å². The van der Waals surface area contributed by atoms with E-state index in [1.165, 1.54) is 0 Å². The molecule has 9 nitrogen and oxygen atoms in total. The van der Waals surface area contributed by atoms with E-state index in [4.69, 9.17) is 15.9 Å². The molecule has 27 heavy (non-hydrogen) atoms. The predicted octanol–water partition coefficient (Wildman–Crippen LogP) is 0.717. The van der Waals surface area contributed by atoms with Crippen molar-refractivity contribution in [1.29, 1.82) is 5.41 Å². The van der Waals surface area contributed by atoms with Gasteiger partial charge in [0.1, 0.15) is 11.9 Å². The van der Waals surface area contributed by atoms with E-state index in [2.05, 4.69) is 10.6 Å². The molecule has 2 rings (SSSR count). The van der Waals surface area contributed by atoms with Crippen LogP contribution in [0.3, 0.4) is 0 Å². The highest BCUT2D eigenvalue weighted by Crippen LogP contribution is 2.22. The number of urea groups is 1. The van der Waals surface area contributed by atoms with Crippen LogP contribution >= 0.6 is 0 Å². The van der Waals surface area contributed by atoms with Crippen LogP contribution in [0.1, 0.15) is 32.3 Å². The molecule has 0 bridgehead atoms. The van der Waals surface area contributed by atoms with Crippen LogP contribution in [0.5, 0.6) is 0 Å². The fraction of sp³-hybridized carbons (Fsp3) is 0.444. The number of amidine groups is 1. The minimum atomic E-state index is -0.625. The number of nitrogens with two attached hydrogens (primary N) is 1. The second kappa shape index (κ2) is 9.02. The van der Waals surface area contributed by atoms with Crippen LogP contribution in [0.15, 0.2) is 24.3 Å². The van der Waals surface area contributed by atoms with Crippen LogP contribution in [0, 0.1) is 5.41 Å². The van der Waals surface area contributed by atoms with E-state index in [1.807, 2.05) is 0 Å². The molecular formula is C18H25N5O4. The largest absolute Gasteiger partial charge is 0.463 e. The van der Waals surface area contributed by atoms with E-state index in [0.717, 1.165) is 0 Å². The molecule has 0 spiro atoms. The summed E-state index contributed by atoms with van der Waals surface area (Å²) in [5.74, 6) is -0.634. The average Bonchev–Trinajstić information content (AvgIpc) is 2.95. The first-order valence-electron chi connectivity index (χ1n) is 8.77. The molecule has 1 aromatic carbocycles. The maximum Gasteiger partial charge on any atom is 0.315 e. The molecule has 1 saturated heterocycles. The second-order valence-corrected chi connectivity index (χ2v) is 6.48. The molecule has 1 atom stereocenters. The van der Waals surface area contributed by atoms with E-state index in [0.29, 0.717) is 24.2 Å². The maximum atomic E-state index is 12.5. The quantitative estimate of drug-likeness (QED) is 0.316. The summed E-state index contributed by atoms with van der Waals surface area (Å²) < 4.78 is 4.98. The summed E-state index contributed by atoms with van der Waals surface area (Å²) in [5, 5.41) is 12.6. The SMILES string of the molecule is CC(C)OC(=O)CCNC(=O)NC1CCN(c2ccc(C(=N)N)cc2)C1=O. The topological polar surface area (TPSA) is 138 Å². The molecule has 1 fully saturated rings. The van der Waals surface area contributed by atoms with Gasteiger partial charge in [-0.05, 0) is 44.5 Å². The zero-order chi connectivity index (χ0) is 20.0. The fourth-order valence-corrected chi connectivity index (χ4v) is 2.70. The van der Waals surface area contributed by atoms with Gasteiger partial charge in [0.2, 0.25) is 5.91 Å². The summed E-state index contributed by atoms with van der Waals surface area (Å²) in [6, 6.07) is 5.66. The maximum absolute atomic E-state index is 12.5. The number of ether oxygens (including phenoxy) is 1. The number of benzene rings is 1. The van der Waals surface area contributed by atoms with Crippen molar-refractivity contribution in [3.05, 3.63) is 29.8 Å². The molecule has 0 aliphatic carbocycles. The monoisotopic (exact) mass is 375 g/mol. The molecule has 0 aromatic heterocycles. The Kier molecular flexibility index (Phi) is 6.75. The molecule has 1 aliphatic rings. The Morgan fingerprint density at radius 2 is 2.00 bits per heavy atom. The van der Waals surface area contributed by atoms with Crippen LogP contribution in [0.4, 0.5) is 10.5 Å². The Hall–Kier alpha value is -3.10. The molecule has 1 unspecified atom stereocenters. The lowest BCUT2D eigenvalue weighted by atomic mass is 10.2. The van der Waals surface area contributed by atoms with Crippen molar-refractivity contribution in [3.8, 4) is 0 Å². The highest BCUT2D eigenvalue weighted by atomic mass is 16.5. The number of nitrogens with one attached hydrogen (secondary N) is 3. The fourth-order valence-electron chi connectivity index (χ4n) is 2.70. The van der Waals surface area contributed by atoms with Crippen molar-refractivity contribution in [3.63, 3.8) is 0 Å². The van der Waals surface area contributed by atoms with Gasteiger partial charge in [-0.15, -0.1) is 0 Å². The molecule has 1 aromatic rings. The third-order valence-corrected chi connectivity index (χ3v) is 3.98. The summed E-state index contributed by atoms with van der Waals surface area (Å²) in [6.45, 7) is 4.12. The van der Waals surface area contributed by atoms with E-state index >= 15 is 0 Å². The number of anilines is 1. The first kappa shape index (κ1) is 20.2. The highest BCUT2D eigenvalue weighted by molar-refractivity contribution is 6.02. The number of carbonyl (C=O) groups excluding carboxylic acids is 3. The predicted molar refractivity (Wildman–Crippen MR) is 101 cm³/mol. The van der Waals surface area contributed by atoms with Crippen LogP contribution in [0.2, 0.25) is 0 Å². The average molecular weight is 375 g/mol. The number of rotatable bonds is 7. The molecule has 1 aliphatic heterocycles. The third kappa shape index (κ3) is 5.70. The van der Waals surface area contributed by atoms with Crippen LogP contribution in [-0.2, 0) is 14.3 Å². The van der Waals surface area contributed by atoms with Gasteiger partial charge in [-0.1, -0.05) is 0 Å². The van der Waals surface area contributed by atoms with Crippen molar-refractivity contribution < 1.29 is 19.1 Å². The lowest BCUT2D eigenvalue weighted by Gasteiger charge is -2.18. The number of hydrogen-bond donors (Lipinski definition) is 4. The molecule has 1 heterocycles. The standard InChI is InChI=1S/C18H25N5O4/c1-11(2)27-15(24)7-9-21-18(26)22-14-8-10-23(17(14)25)13-5-3-12(4-6-13)16(19)20/h3-6,11,14H,7-10H2,1-2H3,(H3,19,20)(H2,21,22,26). The normalized spacial score (nSPS) is 16.3. The minimum absolute atomic E-state index is 0.0391. The van der Waals surface area contributed by atoms with Crippen LogP contribution in [0.25, 0.3) is 0 Å². The summed E-state index contributed by atoms with van der Waals surface area (Å²) in [6.07, 6.45) is 0.354. The van der Waals surface area contributed by atoms with Gasteiger partial charge in [0, 0.05) is 24.3 Å². The summed E-state index contributed by atoms with van der Waals surface area (Å²) in [5.41, 5.74) is 6.69. The number of esters is 1. The van der Waals surface area contributed by atoms with E-state index < -0.39 is 12.1 Å². The Bertz CT molecular complexity index is 717. The van der Waals surface area contributed by atoms with Crippen molar-refractivity contribution in [1.82, 2.24) is 10.6 Å². The zero-order valence-corrected chi connectivity index (χ0v) is 15.5. The molecule has 0 radical (unpaired) electrons. The Morgan fingerprint density at radius 1 is 1.33 bits per heavy atom. The number of hydrogen-bond acceptors (Lipinski definition) is 5. The van der Waals surface area contributed by atoms with Gasteiger partial charge in [-0.2, -0.15) is 0 Å². The summed E-state index contributed by atoms with van der Waals surface area (Å²) in [4.78, 5) is 37.4. The second-order valence-electron chi connectivity index (χ2n) is 6.48. The summed E-state index contributed by atoms with van der Waals surface area (Å²) in [7, 11) is 0. The Morgan fingerprint density at radius 3 is 2.59 bits per heavy atom. The van der Waals surface area contributed by atoms with Crippen molar-refractivity contribution >= 4 is 29.4 Å². The number of amides is 3. The molecule has 3 amide bonds. The number of nitrogen functional groups attached to an aromatic ring is 1. The molecule has 5 N–H and O–H groups in total. The molecule has 0 saturated carbocycles. The smallest absolute Gasteiger partial charge is 0.315 e. The zero-order valence-electron chi connectivity index (χ0n) is 15.5. The molecule has 9 heteroatoms. The van der Waals surface area contributed by atoms with Gasteiger partial charge in [-0.25, -0.2) is 4.79 Å². The molecular weight excluding hydrogens is 350 g/mol. The van der Waals surface area contributed by atoms with E-state index in [9.17, 15) is 14.4 Å². The van der Waals surface area contributed by atoms with Gasteiger partial charge in [0.25, 0.3) is 0 Å². The first-order chi connectivity index (χ1) is 12.8. The lowest BCUT2D eigenvalue weighted by molar-refractivity contribution is -0.147. The third-order valence-electron chi connectivity index (χ3n) is 3.98. The van der Waals surface area contributed by atoms with Gasteiger partial charge in [0.05, 0.1) is 12.5 Å². The summed E-state index contributed by atoms with van der Waals surface area (Å²) >= 11 is 0. The number of nitrogens with zero attached hydrogens (tertiary/aromatic N) is 1. The van der Waals surface area contributed by atoms with Gasteiger partial charge in [-0.3, -0.25) is 15.0 Å². The van der Waals surface area contributed by atoms with E-state index in [1.54, 1.807) is 43.0 Å². The van der Waals surface area contributed by atoms with Crippen molar-refractivity contribution in [2.75, 3.05) is 18.0 Å². The Labute approximate surface area is 157 Å². The minimum Gasteiger partial charge on any atom is -0.463 e. The van der Waals surface area contributed by atoms with Gasteiger partial charge < -0.3 is 26.0 Å².